The molecule has 0 radical (unpaired) electrons. The summed E-state index contributed by atoms with van der Waals surface area (Å²) in [7, 11) is 1.28. The van der Waals surface area contributed by atoms with E-state index in [-0.39, 0.29) is 16.9 Å². The summed E-state index contributed by atoms with van der Waals surface area (Å²) in [5.74, 6) is -0.582. The van der Waals surface area contributed by atoms with E-state index in [1.165, 1.54) is 12.7 Å². The average molecular weight is 331 g/mol. The second-order valence-corrected chi connectivity index (χ2v) is 5.69. The summed E-state index contributed by atoms with van der Waals surface area (Å²) >= 11 is 0. The molecule has 5 nitrogen and oxygen atoms in total. The summed E-state index contributed by atoms with van der Waals surface area (Å²) < 4.78 is 6.37. The molecule has 0 aliphatic heterocycles. The number of methoxy groups -OCH3 is 1. The Balaban J connectivity index is 2.04. The fraction of sp³-hybridized carbons (Fsp3) is 0.100. The Bertz CT molecular complexity index is 962. The van der Waals surface area contributed by atoms with Gasteiger partial charge in [-0.25, -0.2) is 4.79 Å². The van der Waals surface area contributed by atoms with Gasteiger partial charge in [0, 0.05) is 11.9 Å². The van der Waals surface area contributed by atoms with E-state index in [2.05, 4.69) is 24.3 Å². The molecule has 0 saturated heterocycles. The molecule has 0 amide bonds. The zero-order valence-corrected chi connectivity index (χ0v) is 14.0. The number of anilines is 1. The lowest BCUT2D eigenvalue weighted by atomic mass is 10.0. The van der Waals surface area contributed by atoms with Crippen LogP contribution in [0.2, 0.25) is 0 Å². The van der Waals surface area contributed by atoms with Gasteiger partial charge in [-0.1, -0.05) is 42.0 Å². The molecule has 0 aliphatic rings. The molecule has 0 bridgehead atoms. The third-order valence-corrected chi connectivity index (χ3v) is 4.07. The van der Waals surface area contributed by atoms with E-state index < -0.39 is 5.97 Å². The van der Waals surface area contributed by atoms with Gasteiger partial charge in [-0.2, -0.15) is 5.26 Å². The number of nitriles is 1. The van der Waals surface area contributed by atoms with Crippen LogP contribution >= 0.6 is 0 Å². The number of carbonyl (C=O) groups excluding carboxylic acids is 1. The van der Waals surface area contributed by atoms with Crippen molar-refractivity contribution >= 4 is 11.7 Å². The fourth-order valence-corrected chi connectivity index (χ4v) is 2.68. The highest BCUT2D eigenvalue weighted by molar-refractivity contribution is 5.96. The number of aryl methyl sites for hydroxylation is 1. The van der Waals surface area contributed by atoms with Crippen molar-refractivity contribution in [3.63, 3.8) is 0 Å². The molecule has 25 heavy (non-hydrogen) atoms. The number of hydrogen-bond acceptors (Lipinski definition) is 4. The highest BCUT2D eigenvalue weighted by atomic mass is 16.5. The molecule has 124 valence electrons. The van der Waals surface area contributed by atoms with Gasteiger partial charge in [0.15, 0.2) is 5.69 Å². The van der Waals surface area contributed by atoms with Crippen LogP contribution in [0.4, 0.5) is 5.69 Å². The van der Waals surface area contributed by atoms with E-state index in [9.17, 15) is 10.1 Å². The Hall–Kier alpha value is -3.52. The predicted octanol–water partition coefficient (Wildman–Crippen LogP) is 3.69. The molecule has 2 N–H and O–H groups in total. The summed E-state index contributed by atoms with van der Waals surface area (Å²) in [6, 6.07) is 17.9. The lowest BCUT2D eigenvalue weighted by Gasteiger charge is -2.10. The zero-order chi connectivity index (χ0) is 18.0. The minimum absolute atomic E-state index is 0.122. The minimum Gasteiger partial charge on any atom is -0.464 e. The smallest absolute Gasteiger partial charge is 0.357 e. The van der Waals surface area contributed by atoms with Crippen molar-refractivity contribution in [2.24, 2.45) is 0 Å². The number of carbonyl (C=O) groups is 1. The van der Waals surface area contributed by atoms with Gasteiger partial charge in [-0.3, -0.25) is 0 Å². The van der Waals surface area contributed by atoms with E-state index in [0.29, 0.717) is 0 Å². The number of esters is 1. The van der Waals surface area contributed by atoms with E-state index in [1.54, 1.807) is 10.8 Å². The molecular formula is C20H17N3O2. The van der Waals surface area contributed by atoms with Crippen molar-refractivity contribution in [3.8, 4) is 22.9 Å². The largest absolute Gasteiger partial charge is 0.464 e. The second-order valence-electron chi connectivity index (χ2n) is 5.69. The first-order valence-corrected chi connectivity index (χ1v) is 7.72. The summed E-state index contributed by atoms with van der Waals surface area (Å²) in [5.41, 5.74) is 10.5. The van der Waals surface area contributed by atoms with E-state index in [0.717, 1.165) is 16.8 Å². The van der Waals surface area contributed by atoms with Gasteiger partial charge >= 0.3 is 5.97 Å². The van der Waals surface area contributed by atoms with Crippen molar-refractivity contribution in [1.82, 2.24) is 4.57 Å². The van der Waals surface area contributed by atoms with Gasteiger partial charge in [-0.05, 0) is 30.2 Å². The fourth-order valence-electron chi connectivity index (χ4n) is 2.68. The molecule has 0 fully saturated rings. The predicted molar refractivity (Wildman–Crippen MR) is 96.4 cm³/mol. The van der Waals surface area contributed by atoms with E-state index >= 15 is 0 Å². The molecule has 2 aromatic carbocycles. The maximum absolute atomic E-state index is 12.0. The van der Waals surface area contributed by atoms with Gasteiger partial charge in [-0.15, -0.1) is 0 Å². The molecule has 1 aromatic heterocycles. The number of nitrogens with zero attached hydrogens (tertiary/aromatic N) is 2. The molecule has 0 atom stereocenters. The van der Waals surface area contributed by atoms with Crippen LogP contribution in [0.3, 0.4) is 0 Å². The normalized spacial score (nSPS) is 10.3. The first-order chi connectivity index (χ1) is 12.0. The standard InChI is InChI=1S/C20H17N3O2/c1-13-3-5-14(6-4-13)15-7-9-17(10-8-15)23-12-16(11-21)18(22)19(23)20(24)25-2/h3-10,12H,22H2,1-2H3. The van der Waals surface area contributed by atoms with E-state index in [1.807, 2.05) is 37.3 Å². The molecule has 1 heterocycles. The van der Waals surface area contributed by atoms with Crippen molar-refractivity contribution in [2.75, 3.05) is 12.8 Å². The van der Waals surface area contributed by atoms with Crippen LogP contribution in [-0.4, -0.2) is 17.6 Å². The Kier molecular flexibility index (Phi) is 4.27. The van der Waals surface area contributed by atoms with Gasteiger partial charge in [0.05, 0.1) is 18.4 Å². The van der Waals surface area contributed by atoms with Crippen molar-refractivity contribution < 1.29 is 9.53 Å². The topological polar surface area (TPSA) is 81.0 Å². The van der Waals surface area contributed by atoms with Gasteiger partial charge in [0.1, 0.15) is 6.07 Å². The molecule has 5 heteroatoms. The number of nitrogen functional groups attached to an aromatic ring is 1. The lowest BCUT2D eigenvalue weighted by molar-refractivity contribution is 0.0593. The second kappa shape index (κ2) is 6.54. The number of aromatic nitrogens is 1. The third kappa shape index (κ3) is 2.98. The third-order valence-electron chi connectivity index (χ3n) is 4.07. The van der Waals surface area contributed by atoms with Crippen LogP contribution in [0, 0.1) is 18.3 Å². The number of ether oxygens (including phenoxy) is 1. The molecule has 3 aromatic rings. The zero-order valence-electron chi connectivity index (χ0n) is 14.0. The molecular weight excluding hydrogens is 314 g/mol. The summed E-state index contributed by atoms with van der Waals surface area (Å²) in [4.78, 5) is 12.0. The number of rotatable bonds is 3. The van der Waals surface area contributed by atoms with Crippen molar-refractivity contribution in [1.29, 1.82) is 5.26 Å². The molecule has 0 unspecified atom stereocenters. The quantitative estimate of drug-likeness (QED) is 0.742. The Labute approximate surface area is 145 Å². The molecule has 0 aliphatic carbocycles. The molecule has 0 saturated carbocycles. The minimum atomic E-state index is -0.582. The SMILES string of the molecule is COC(=O)c1c(N)c(C#N)cn1-c1ccc(-c2ccc(C)cc2)cc1. The summed E-state index contributed by atoms with van der Waals surface area (Å²) in [6.07, 6.45) is 1.54. The first-order valence-electron chi connectivity index (χ1n) is 7.72. The van der Waals surface area contributed by atoms with Crippen LogP contribution < -0.4 is 5.73 Å². The van der Waals surface area contributed by atoms with Gasteiger partial charge < -0.3 is 15.0 Å². The Morgan fingerprint density at radius 3 is 2.16 bits per heavy atom. The lowest BCUT2D eigenvalue weighted by Crippen LogP contribution is -2.11. The molecule has 0 spiro atoms. The Morgan fingerprint density at radius 1 is 1.08 bits per heavy atom. The Morgan fingerprint density at radius 2 is 1.64 bits per heavy atom. The maximum Gasteiger partial charge on any atom is 0.357 e. The number of benzene rings is 2. The summed E-state index contributed by atoms with van der Waals surface area (Å²) in [5, 5.41) is 9.18. The average Bonchev–Trinajstić information content (AvgIpc) is 2.98. The van der Waals surface area contributed by atoms with Crippen LogP contribution in [0.25, 0.3) is 16.8 Å². The summed E-state index contributed by atoms with van der Waals surface area (Å²) in [6.45, 7) is 2.05. The number of nitrogens with two attached hydrogens (primary N) is 1. The monoisotopic (exact) mass is 331 g/mol. The highest BCUT2D eigenvalue weighted by Crippen LogP contribution is 2.27. The van der Waals surface area contributed by atoms with Crippen molar-refractivity contribution in [3.05, 3.63) is 71.5 Å². The number of hydrogen-bond donors (Lipinski definition) is 1. The molecule has 3 rings (SSSR count). The van der Waals surface area contributed by atoms with Crippen LogP contribution in [-0.2, 0) is 4.74 Å². The first kappa shape index (κ1) is 16.3. The van der Waals surface area contributed by atoms with Crippen LogP contribution in [0.15, 0.2) is 54.7 Å². The maximum atomic E-state index is 12.0. The van der Waals surface area contributed by atoms with Gasteiger partial charge in [0.25, 0.3) is 0 Å². The van der Waals surface area contributed by atoms with Crippen molar-refractivity contribution in [2.45, 2.75) is 6.92 Å². The highest BCUT2D eigenvalue weighted by Gasteiger charge is 2.21. The van der Waals surface area contributed by atoms with Gasteiger partial charge in [0.2, 0.25) is 0 Å². The van der Waals surface area contributed by atoms with Crippen LogP contribution in [0.1, 0.15) is 21.6 Å². The van der Waals surface area contributed by atoms with Crippen LogP contribution in [0.5, 0.6) is 0 Å². The van der Waals surface area contributed by atoms with E-state index in [4.69, 9.17) is 10.5 Å².